The second-order valence-electron chi connectivity index (χ2n) is 8.25. The van der Waals surface area contributed by atoms with E-state index in [1.807, 2.05) is 13.8 Å². The van der Waals surface area contributed by atoms with Gasteiger partial charge in [0.05, 0.1) is 10.9 Å². The monoisotopic (exact) mass is 488 g/mol. The average Bonchev–Trinajstić information content (AvgIpc) is 3.55. The quantitative estimate of drug-likeness (QED) is 0.555. The van der Waals surface area contributed by atoms with Crippen molar-refractivity contribution in [1.29, 1.82) is 0 Å². The van der Waals surface area contributed by atoms with E-state index in [2.05, 4.69) is 31.2 Å². The van der Waals surface area contributed by atoms with Crippen molar-refractivity contribution >= 4 is 32.9 Å². The Morgan fingerprint density at radius 3 is 2.74 bits per heavy atom. The maximum Gasteiger partial charge on any atom is 0.330 e. The van der Waals surface area contributed by atoms with Crippen molar-refractivity contribution in [3.63, 3.8) is 0 Å². The lowest BCUT2D eigenvalue weighted by Crippen LogP contribution is -2.34. The Labute approximate surface area is 185 Å². The normalized spacial score (nSPS) is 13.7. The number of rotatable bonds is 6. The van der Waals surface area contributed by atoms with E-state index in [4.69, 9.17) is 0 Å². The third-order valence-electron chi connectivity index (χ3n) is 5.20. The van der Waals surface area contributed by atoms with Crippen molar-refractivity contribution in [2.24, 2.45) is 5.92 Å². The number of aromatic nitrogens is 3. The molecule has 3 aromatic rings. The molecule has 1 saturated carbocycles. The fourth-order valence-corrected chi connectivity index (χ4v) is 3.93. The lowest BCUT2D eigenvalue weighted by Gasteiger charge is -2.15. The lowest BCUT2D eigenvalue weighted by atomic mass is 10.1. The van der Waals surface area contributed by atoms with Crippen LogP contribution in [0.3, 0.4) is 0 Å². The Kier molecular flexibility index (Phi) is 5.79. The zero-order chi connectivity index (χ0) is 22.3. The number of carbonyl (C=O) groups is 1. The molecule has 0 bridgehead atoms. The predicted molar refractivity (Wildman–Crippen MR) is 119 cm³/mol. The number of aromatic amines is 1. The molecule has 1 amide bonds. The van der Waals surface area contributed by atoms with Crippen molar-refractivity contribution in [3.05, 3.63) is 72.2 Å². The number of nitrogens with zero attached hydrogens (tertiary/aromatic N) is 2. The molecule has 162 valence electrons. The molecule has 2 N–H and O–H groups in total. The largest absolute Gasteiger partial charge is 0.348 e. The van der Waals surface area contributed by atoms with Crippen LogP contribution >= 0.6 is 15.9 Å². The number of H-pyrrole nitrogens is 1. The number of halogens is 2. The zero-order valence-electron chi connectivity index (χ0n) is 17.2. The third kappa shape index (κ3) is 4.46. The summed E-state index contributed by atoms with van der Waals surface area (Å²) in [6.45, 7) is 4.35. The summed E-state index contributed by atoms with van der Waals surface area (Å²) in [4.78, 5) is 45.2. The van der Waals surface area contributed by atoms with Gasteiger partial charge in [0.1, 0.15) is 5.82 Å². The van der Waals surface area contributed by atoms with Gasteiger partial charge in [-0.15, -0.1) is 0 Å². The van der Waals surface area contributed by atoms with Gasteiger partial charge in [-0.05, 0) is 48.6 Å². The number of hydrogen-bond acceptors (Lipinski definition) is 4. The summed E-state index contributed by atoms with van der Waals surface area (Å²) in [5.41, 5.74) is 0.475. The summed E-state index contributed by atoms with van der Waals surface area (Å²) in [6.07, 6.45) is 1.90. The maximum absolute atomic E-state index is 13.6. The first kappa shape index (κ1) is 21.4. The van der Waals surface area contributed by atoms with Gasteiger partial charge in [0.2, 0.25) is 0 Å². The molecule has 1 aliphatic rings. The van der Waals surface area contributed by atoms with Crippen LogP contribution in [-0.4, -0.2) is 20.4 Å². The van der Waals surface area contributed by atoms with E-state index in [0.29, 0.717) is 22.3 Å². The van der Waals surface area contributed by atoms with Crippen molar-refractivity contribution in [1.82, 2.24) is 19.9 Å². The van der Waals surface area contributed by atoms with E-state index in [1.165, 1.54) is 16.7 Å². The van der Waals surface area contributed by atoms with E-state index in [-0.39, 0.29) is 35.0 Å². The molecular weight excluding hydrogens is 467 g/mol. The Bertz CT molecular complexity index is 1290. The SMILES string of the molecule is CC(C)Cn1c(=O)[nH]c(=O)c2c(C(=O)NCc3cc(F)ccc3Br)cc(C3CC3)nc21. The number of benzene rings is 1. The smallest absolute Gasteiger partial charge is 0.330 e. The van der Waals surface area contributed by atoms with E-state index < -0.39 is 23.0 Å². The van der Waals surface area contributed by atoms with E-state index in [9.17, 15) is 18.8 Å². The average molecular weight is 489 g/mol. The van der Waals surface area contributed by atoms with Crippen LogP contribution in [0, 0.1) is 11.7 Å². The second-order valence-corrected chi connectivity index (χ2v) is 9.10. The van der Waals surface area contributed by atoms with E-state index >= 15 is 0 Å². The van der Waals surface area contributed by atoms with Crippen LogP contribution in [-0.2, 0) is 13.1 Å². The van der Waals surface area contributed by atoms with Gasteiger partial charge < -0.3 is 5.32 Å². The Morgan fingerprint density at radius 1 is 1.32 bits per heavy atom. The van der Waals surface area contributed by atoms with Crippen LogP contribution in [0.15, 0.2) is 38.3 Å². The summed E-state index contributed by atoms with van der Waals surface area (Å²) in [5.74, 6) is -0.534. The minimum absolute atomic E-state index is 0.0727. The fraction of sp³-hybridized carbons (Fsp3) is 0.364. The molecule has 1 fully saturated rings. The van der Waals surface area contributed by atoms with Crippen molar-refractivity contribution in [2.45, 2.75) is 45.7 Å². The van der Waals surface area contributed by atoms with Gasteiger partial charge in [0, 0.05) is 29.2 Å². The highest BCUT2D eigenvalue weighted by Crippen LogP contribution is 2.40. The molecule has 4 rings (SSSR count). The van der Waals surface area contributed by atoms with Gasteiger partial charge in [-0.2, -0.15) is 0 Å². The maximum atomic E-state index is 13.6. The van der Waals surface area contributed by atoms with Crippen molar-refractivity contribution < 1.29 is 9.18 Å². The zero-order valence-corrected chi connectivity index (χ0v) is 18.8. The molecule has 0 unspecified atom stereocenters. The van der Waals surface area contributed by atoms with Gasteiger partial charge in [-0.1, -0.05) is 29.8 Å². The first-order valence-corrected chi connectivity index (χ1v) is 10.9. The van der Waals surface area contributed by atoms with Crippen LogP contribution in [0.2, 0.25) is 0 Å². The molecule has 0 spiro atoms. The lowest BCUT2D eigenvalue weighted by molar-refractivity contribution is 0.0952. The van der Waals surface area contributed by atoms with Gasteiger partial charge in [0.25, 0.3) is 11.5 Å². The Balaban J connectivity index is 1.80. The highest BCUT2D eigenvalue weighted by Gasteiger charge is 2.28. The number of fused-ring (bicyclic) bond motifs is 1. The molecule has 0 radical (unpaired) electrons. The number of hydrogen-bond donors (Lipinski definition) is 2. The number of amides is 1. The molecule has 2 aromatic heterocycles. The first-order chi connectivity index (χ1) is 14.7. The van der Waals surface area contributed by atoms with E-state index in [1.54, 1.807) is 12.1 Å². The summed E-state index contributed by atoms with van der Waals surface area (Å²) in [6, 6.07) is 5.85. The number of carbonyl (C=O) groups excluding carboxylic acids is 1. The third-order valence-corrected chi connectivity index (χ3v) is 5.98. The molecule has 0 saturated heterocycles. The van der Waals surface area contributed by atoms with E-state index in [0.717, 1.165) is 12.8 Å². The van der Waals surface area contributed by atoms with Crippen LogP contribution < -0.4 is 16.6 Å². The highest BCUT2D eigenvalue weighted by molar-refractivity contribution is 9.10. The van der Waals surface area contributed by atoms with Crippen LogP contribution in [0.5, 0.6) is 0 Å². The summed E-state index contributed by atoms with van der Waals surface area (Å²) in [5, 5.41) is 2.84. The summed E-state index contributed by atoms with van der Waals surface area (Å²) in [7, 11) is 0. The second kappa shape index (κ2) is 8.37. The van der Waals surface area contributed by atoms with Crippen LogP contribution in [0.4, 0.5) is 4.39 Å². The molecule has 1 aromatic carbocycles. The van der Waals surface area contributed by atoms with Crippen LogP contribution in [0.25, 0.3) is 11.0 Å². The molecule has 7 nitrogen and oxygen atoms in total. The molecule has 31 heavy (non-hydrogen) atoms. The number of nitrogens with one attached hydrogen (secondary N) is 2. The topological polar surface area (TPSA) is 96.9 Å². The Morgan fingerprint density at radius 2 is 2.06 bits per heavy atom. The summed E-state index contributed by atoms with van der Waals surface area (Å²) >= 11 is 3.35. The molecule has 1 aliphatic carbocycles. The van der Waals surface area contributed by atoms with Gasteiger partial charge in [-0.3, -0.25) is 19.1 Å². The molecule has 2 heterocycles. The van der Waals surface area contributed by atoms with Gasteiger partial charge >= 0.3 is 5.69 Å². The highest BCUT2D eigenvalue weighted by atomic mass is 79.9. The molecular formula is C22H22BrFN4O3. The van der Waals surface area contributed by atoms with Crippen molar-refractivity contribution in [2.75, 3.05) is 0 Å². The predicted octanol–water partition coefficient (Wildman–Crippen LogP) is 3.45. The van der Waals surface area contributed by atoms with Gasteiger partial charge in [0.15, 0.2) is 5.65 Å². The molecule has 9 heteroatoms. The molecule has 0 aliphatic heterocycles. The standard InChI is InChI=1S/C22H22BrFN4O3/c1-11(2)10-28-19-18(21(30)27-22(28)31)15(8-17(26-19)12-3-4-12)20(29)25-9-13-7-14(24)5-6-16(13)23/h5-8,11-12H,3-4,9-10H2,1-2H3,(H,25,29)(H,27,30,31). The van der Waals surface area contributed by atoms with Gasteiger partial charge in [-0.25, -0.2) is 14.2 Å². The summed E-state index contributed by atoms with van der Waals surface area (Å²) < 4.78 is 15.7. The fourth-order valence-electron chi connectivity index (χ4n) is 3.54. The number of pyridine rings is 1. The van der Waals surface area contributed by atoms with Crippen molar-refractivity contribution in [3.8, 4) is 0 Å². The minimum atomic E-state index is -0.646. The minimum Gasteiger partial charge on any atom is -0.348 e. The Hall–Kier alpha value is -2.81. The molecule has 0 atom stereocenters. The van der Waals surface area contributed by atoms with Crippen LogP contribution in [0.1, 0.15) is 54.2 Å². The first-order valence-electron chi connectivity index (χ1n) is 10.1.